The highest BCUT2D eigenvalue weighted by Gasteiger charge is 2.41. The van der Waals surface area contributed by atoms with Crippen LogP contribution in [0.25, 0.3) is 5.57 Å². The number of carbonyl (C=O) groups excluding carboxylic acids is 2. The van der Waals surface area contributed by atoms with Crippen molar-refractivity contribution >= 4 is 40.3 Å². The smallest absolute Gasteiger partial charge is 0.278 e. The van der Waals surface area contributed by atoms with Crippen molar-refractivity contribution in [2.24, 2.45) is 0 Å². The fourth-order valence-electron chi connectivity index (χ4n) is 3.59. The molecule has 152 valence electrons. The van der Waals surface area contributed by atoms with Gasteiger partial charge >= 0.3 is 0 Å². The predicted molar refractivity (Wildman–Crippen MR) is 121 cm³/mol. The van der Waals surface area contributed by atoms with Crippen molar-refractivity contribution in [3.05, 3.63) is 98.8 Å². The maximum Gasteiger partial charge on any atom is 0.278 e. The van der Waals surface area contributed by atoms with Crippen molar-refractivity contribution in [3.63, 3.8) is 0 Å². The lowest BCUT2D eigenvalue weighted by Gasteiger charge is -2.25. The molecule has 0 spiro atoms. The topological polar surface area (TPSA) is 40.6 Å². The van der Waals surface area contributed by atoms with Gasteiger partial charge in [0, 0.05) is 23.0 Å². The van der Waals surface area contributed by atoms with E-state index in [-0.39, 0.29) is 18.4 Å². The van der Waals surface area contributed by atoms with Gasteiger partial charge in [0.25, 0.3) is 11.8 Å². The lowest BCUT2D eigenvalue weighted by Crippen LogP contribution is -2.34. The summed E-state index contributed by atoms with van der Waals surface area (Å²) in [6.07, 6.45) is 0. The molecule has 2 aromatic carbocycles. The van der Waals surface area contributed by atoms with E-state index in [1.807, 2.05) is 77.9 Å². The summed E-state index contributed by atoms with van der Waals surface area (Å²) in [5, 5.41) is 2.46. The van der Waals surface area contributed by atoms with Crippen LogP contribution in [0.2, 0.25) is 5.02 Å². The summed E-state index contributed by atoms with van der Waals surface area (Å²) in [7, 11) is 0. The number of nitrogens with zero attached hydrogens (tertiary/aromatic N) is 2. The molecule has 0 aliphatic carbocycles. The second-order valence-electron chi connectivity index (χ2n) is 6.99. The number of hydrogen-bond acceptors (Lipinski definition) is 4. The molecule has 0 fully saturated rings. The van der Waals surface area contributed by atoms with Crippen LogP contribution in [0.4, 0.5) is 0 Å². The number of likely N-dealkylation sites (N-methyl/N-ethyl adjacent to an activating group) is 1. The third kappa shape index (κ3) is 3.91. The molecular weight excluding hydrogens is 416 g/mol. The van der Waals surface area contributed by atoms with E-state index in [0.29, 0.717) is 29.4 Å². The van der Waals surface area contributed by atoms with Crippen LogP contribution in [0.3, 0.4) is 0 Å². The molecule has 30 heavy (non-hydrogen) atoms. The van der Waals surface area contributed by atoms with Gasteiger partial charge in [-0.2, -0.15) is 0 Å². The molecule has 3 aromatic rings. The van der Waals surface area contributed by atoms with Gasteiger partial charge in [-0.1, -0.05) is 66.2 Å². The van der Waals surface area contributed by atoms with Gasteiger partial charge in [0.15, 0.2) is 0 Å². The van der Waals surface area contributed by atoms with Gasteiger partial charge in [-0.15, -0.1) is 11.3 Å². The monoisotopic (exact) mass is 436 g/mol. The van der Waals surface area contributed by atoms with Gasteiger partial charge in [-0.3, -0.25) is 14.5 Å². The Balaban J connectivity index is 1.73. The molecule has 1 aromatic heterocycles. The fraction of sp³-hybridized carbons (Fsp3) is 0.167. The Hall–Kier alpha value is -2.89. The van der Waals surface area contributed by atoms with E-state index in [1.54, 1.807) is 6.07 Å². The maximum absolute atomic E-state index is 13.5. The second-order valence-corrected chi connectivity index (χ2v) is 8.34. The number of imide groups is 1. The van der Waals surface area contributed by atoms with Gasteiger partial charge < -0.3 is 4.90 Å². The Labute approximate surface area is 185 Å². The van der Waals surface area contributed by atoms with Crippen molar-refractivity contribution < 1.29 is 9.59 Å². The lowest BCUT2D eigenvalue weighted by molar-refractivity contribution is -0.138. The summed E-state index contributed by atoms with van der Waals surface area (Å²) in [4.78, 5) is 31.0. The molecule has 0 radical (unpaired) electrons. The molecule has 0 N–H and O–H groups in total. The molecule has 1 aliphatic rings. The number of thiophene rings is 1. The minimum absolute atomic E-state index is 0.151. The van der Waals surface area contributed by atoms with Gasteiger partial charge in [-0.05, 0) is 35.6 Å². The number of amides is 2. The normalized spacial score (nSPS) is 14.0. The molecule has 4 rings (SSSR count). The average molecular weight is 437 g/mol. The molecule has 0 saturated heterocycles. The molecule has 0 saturated carbocycles. The number of hydrogen-bond donors (Lipinski definition) is 0. The first-order chi connectivity index (χ1) is 14.6. The first kappa shape index (κ1) is 20.4. The van der Waals surface area contributed by atoms with Crippen molar-refractivity contribution in [1.82, 2.24) is 9.80 Å². The number of rotatable bonds is 7. The summed E-state index contributed by atoms with van der Waals surface area (Å²) in [6.45, 7) is 3.31. The first-order valence-corrected chi connectivity index (χ1v) is 11.0. The van der Waals surface area contributed by atoms with Crippen LogP contribution in [0.1, 0.15) is 22.9 Å². The molecule has 2 heterocycles. The van der Waals surface area contributed by atoms with Crippen LogP contribution >= 0.6 is 22.9 Å². The zero-order valence-electron chi connectivity index (χ0n) is 16.5. The van der Waals surface area contributed by atoms with E-state index in [4.69, 9.17) is 11.6 Å². The highest BCUT2D eigenvalue weighted by Crippen LogP contribution is 2.35. The molecule has 0 atom stereocenters. The standard InChI is InChI=1S/C24H21ClN2O2S/c1-2-26(15-17-9-4-3-5-10-17)22-21(20-13-8-14-30-20)23(28)27(24(22)29)16-18-11-6-7-12-19(18)25/h3-14H,2,15-16H2,1H3. The Morgan fingerprint density at radius 3 is 2.33 bits per heavy atom. The van der Waals surface area contributed by atoms with E-state index in [1.165, 1.54) is 16.2 Å². The quantitative estimate of drug-likeness (QED) is 0.478. The molecule has 0 unspecified atom stereocenters. The summed E-state index contributed by atoms with van der Waals surface area (Å²) in [5.74, 6) is -0.551. The van der Waals surface area contributed by atoms with Crippen LogP contribution in [-0.2, 0) is 22.7 Å². The molecular formula is C24H21ClN2O2S. The lowest BCUT2D eigenvalue weighted by atomic mass is 10.1. The van der Waals surface area contributed by atoms with Crippen LogP contribution < -0.4 is 0 Å². The minimum atomic E-state index is -0.277. The highest BCUT2D eigenvalue weighted by atomic mass is 35.5. The van der Waals surface area contributed by atoms with Crippen LogP contribution in [0, 0.1) is 0 Å². The SMILES string of the molecule is CCN(Cc1ccccc1)C1=C(c2cccs2)C(=O)N(Cc2ccccc2Cl)C1=O. The first-order valence-electron chi connectivity index (χ1n) is 9.76. The Morgan fingerprint density at radius 2 is 1.67 bits per heavy atom. The Bertz CT molecular complexity index is 1090. The third-order valence-electron chi connectivity index (χ3n) is 5.11. The van der Waals surface area contributed by atoms with E-state index in [0.717, 1.165) is 16.0 Å². The second kappa shape index (κ2) is 8.86. The van der Waals surface area contributed by atoms with Gasteiger partial charge in [0.05, 0.1) is 12.1 Å². The third-order valence-corrected chi connectivity index (χ3v) is 6.37. The van der Waals surface area contributed by atoms with Gasteiger partial charge in [-0.25, -0.2) is 0 Å². The Kier molecular flexibility index (Phi) is 6.02. The van der Waals surface area contributed by atoms with Crippen molar-refractivity contribution in [1.29, 1.82) is 0 Å². The molecule has 1 aliphatic heterocycles. The van der Waals surface area contributed by atoms with E-state index < -0.39 is 0 Å². The van der Waals surface area contributed by atoms with Gasteiger partial charge in [0.2, 0.25) is 0 Å². The molecule has 4 nitrogen and oxygen atoms in total. The summed E-state index contributed by atoms with van der Waals surface area (Å²) in [6, 6.07) is 21.0. The Morgan fingerprint density at radius 1 is 0.933 bits per heavy atom. The van der Waals surface area contributed by atoms with E-state index in [2.05, 4.69) is 0 Å². The molecule has 0 bridgehead atoms. The predicted octanol–water partition coefficient (Wildman–Crippen LogP) is 5.20. The van der Waals surface area contributed by atoms with Crippen LogP contribution in [-0.4, -0.2) is 28.2 Å². The summed E-state index contributed by atoms with van der Waals surface area (Å²) in [5.41, 5.74) is 2.77. The molecule has 2 amide bonds. The highest BCUT2D eigenvalue weighted by molar-refractivity contribution is 7.11. The van der Waals surface area contributed by atoms with Gasteiger partial charge in [0.1, 0.15) is 5.70 Å². The minimum Gasteiger partial charge on any atom is -0.362 e. The zero-order chi connectivity index (χ0) is 21.1. The number of halogens is 1. The van der Waals surface area contributed by atoms with Crippen molar-refractivity contribution in [3.8, 4) is 0 Å². The average Bonchev–Trinajstić information content (AvgIpc) is 3.37. The van der Waals surface area contributed by atoms with Crippen molar-refractivity contribution in [2.45, 2.75) is 20.0 Å². The summed E-state index contributed by atoms with van der Waals surface area (Å²) < 4.78 is 0. The maximum atomic E-state index is 13.5. The van der Waals surface area contributed by atoms with Crippen molar-refractivity contribution in [2.75, 3.05) is 6.54 Å². The van der Waals surface area contributed by atoms with Crippen LogP contribution in [0.15, 0.2) is 77.8 Å². The molecule has 6 heteroatoms. The van der Waals surface area contributed by atoms with Crippen LogP contribution in [0.5, 0.6) is 0 Å². The van der Waals surface area contributed by atoms with E-state index >= 15 is 0 Å². The largest absolute Gasteiger partial charge is 0.362 e. The zero-order valence-corrected chi connectivity index (χ0v) is 18.1. The number of benzene rings is 2. The number of carbonyl (C=O) groups is 2. The van der Waals surface area contributed by atoms with E-state index in [9.17, 15) is 9.59 Å². The summed E-state index contributed by atoms with van der Waals surface area (Å²) >= 11 is 7.76. The fourth-order valence-corrected chi connectivity index (χ4v) is 4.55.